The van der Waals surface area contributed by atoms with E-state index in [2.05, 4.69) is 15.5 Å². The lowest BCUT2D eigenvalue weighted by molar-refractivity contribution is 1.00. The third kappa shape index (κ3) is 2.03. The zero-order chi connectivity index (χ0) is 10.8. The van der Waals surface area contributed by atoms with Crippen molar-refractivity contribution in [3.63, 3.8) is 0 Å². The summed E-state index contributed by atoms with van der Waals surface area (Å²) < 4.78 is 0. The van der Waals surface area contributed by atoms with Gasteiger partial charge in [-0.1, -0.05) is 30.3 Å². The summed E-state index contributed by atoms with van der Waals surface area (Å²) in [6, 6.07) is 14.7. The molecular formula is C13H13N3. The van der Waals surface area contributed by atoms with Crippen LogP contribution >= 0.6 is 0 Å². The Kier molecular flexibility index (Phi) is 2.29. The molecule has 0 unspecified atom stereocenters. The molecule has 1 saturated carbocycles. The third-order valence-electron chi connectivity index (χ3n) is 2.66. The van der Waals surface area contributed by atoms with Crippen LogP contribution in [-0.4, -0.2) is 16.2 Å². The van der Waals surface area contributed by atoms with E-state index >= 15 is 0 Å². The van der Waals surface area contributed by atoms with Gasteiger partial charge in [0, 0.05) is 11.6 Å². The molecule has 0 spiro atoms. The Bertz CT molecular complexity index is 460. The van der Waals surface area contributed by atoms with Crippen LogP contribution in [0.25, 0.3) is 11.3 Å². The van der Waals surface area contributed by atoms with Crippen molar-refractivity contribution in [3.05, 3.63) is 42.5 Å². The molecule has 1 aliphatic carbocycles. The van der Waals surface area contributed by atoms with E-state index in [9.17, 15) is 0 Å². The first-order valence-electron chi connectivity index (χ1n) is 5.57. The van der Waals surface area contributed by atoms with E-state index < -0.39 is 0 Å². The molecule has 3 heteroatoms. The molecule has 1 aromatic heterocycles. The van der Waals surface area contributed by atoms with Gasteiger partial charge in [0.15, 0.2) is 0 Å². The second kappa shape index (κ2) is 3.93. The first kappa shape index (κ1) is 9.33. The first-order valence-corrected chi connectivity index (χ1v) is 5.57. The molecule has 0 amide bonds. The summed E-state index contributed by atoms with van der Waals surface area (Å²) in [7, 11) is 0. The lowest BCUT2D eigenvalue weighted by Crippen LogP contribution is -2.03. The molecule has 0 radical (unpaired) electrons. The minimum Gasteiger partial charge on any atom is -0.366 e. The van der Waals surface area contributed by atoms with Gasteiger partial charge >= 0.3 is 0 Å². The highest BCUT2D eigenvalue weighted by molar-refractivity contribution is 5.59. The fraction of sp³-hybridized carbons (Fsp3) is 0.231. The molecule has 0 aliphatic heterocycles. The predicted molar refractivity (Wildman–Crippen MR) is 64.1 cm³/mol. The molecule has 16 heavy (non-hydrogen) atoms. The maximum absolute atomic E-state index is 4.22. The molecule has 1 fully saturated rings. The Hall–Kier alpha value is -1.90. The highest BCUT2D eigenvalue weighted by Gasteiger charge is 2.21. The Balaban J connectivity index is 1.81. The minimum absolute atomic E-state index is 0.622. The maximum Gasteiger partial charge on any atom is 0.148 e. The fourth-order valence-corrected chi connectivity index (χ4v) is 1.61. The summed E-state index contributed by atoms with van der Waals surface area (Å²) >= 11 is 0. The van der Waals surface area contributed by atoms with Gasteiger partial charge in [-0.3, -0.25) is 0 Å². The molecule has 1 aromatic carbocycles. The van der Waals surface area contributed by atoms with Gasteiger partial charge in [-0.2, -0.15) is 0 Å². The molecule has 0 bridgehead atoms. The quantitative estimate of drug-likeness (QED) is 0.848. The summed E-state index contributed by atoms with van der Waals surface area (Å²) in [5.41, 5.74) is 2.02. The highest BCUT2D eigenvalue weighted by atomic mass is 15.2. The summed E-state index contributed by atoms with van der Waals surface area (Å²) in [6.07, 6.45) is 2.50. The van der Waals surface area contributed by atoms with Crippen molar-refractivity contribution in [1.29, 1.82) is 0 Å². The maximum atomic E-state index is 4.22. The number of hydrogen-bond donors (Lipinski definition) is 1. The molecule has 3 nitrogen and oxygen atoms in total. The van der Waals surface area contributed by atoms with Crippen LogP contribution in [0.15, 0.2) is 42.5 Å². The van der Waals surface area contributed by atoms with Crippen LogP contribution in [0.1, 0.15) is 12.8 Å². The lowest BCUT2D eigenvalue weighted by atomic mass is 10.1. The average molecular weight is 211 g/mol. The molecule has 1 heterocycles. The smallest absolute Gasteiger partial charge is 0.148 e. The molecule has 2 aromatic rings. The van der Waals surface area contributed by atoms with Crippen molar-refractivity contribution in [3.8, 4) is 11.3 Å². The van der Waals surface area contributed by atoms with Crippen LogP contribution in [0.2, 0.25) is 0 Å². The van der Waals surface area contributed by atoms with Gasteiger partial charge in [0.05, 0.1) is 5.69 Å². The molecule has 0 saturated heterocycles. The normalized spacial score (nSPS) is 14.8. The predicted octanol–water partition coefficient (Wildman–Crippen LogP) is 2.72. The van der Waals surface area contributed by atoms with Crippen LogP contribution in [0.5, 0.6) is 0 Å². The van der Waals surface area contributed by atoms with Gasteiger partial charge in [0.1, 0.15) is 5.82 Å². The summed E-state index contributed by atoms with van der Waals surface area (Å²) in [4.78, 5) is 0. The average Bonchev–Trinajstić information content (AvgIpc) is 3.15. The Morgan fingerprint density at radius 3 is 2.38 bits per heavy atom. The van der Waals surface area contributed by atoms with Crippen molar-refractivity contribution in [1.82, 2.24) is 10.2 Å². The van der Waals surface area contributed by atoms with Crippen LogP contribution in [0, 0.1) is 0 Å². The Labute approximate surface area is 94.5 Å². The van der Waals surface area contributed by atoms with Crippen LogP contribution < -0.4 is 5.32 Å². The van der Waals surface area contributed by atoms with Crippen molar-refractivity contribution in [2.75, 3.05) is 5.32 Å². The zero-order valence-electron chi connectivity index (χ0n) is 8.93. The van der Waals surface area contributed by atoms with E-state index in [1.54, 1.807) is 0 Å². The van der Waals surface area contributed by atoms with Gasteiger partial charge in [-0.25, -0.2) is 0 Å². The van der Waals surface area contributed by atoms with Gasteiger partial charge in [-0.05, 0) is 25.0 Å². The molecule has 1 aliphatic rings. The van der Waals surface area contributed by atoms with E-state index in [0.717, 1.165) is 17.1 Å². The molecule has 3 rings (SSSR count). The minimum atomic E-state index is 0.622. The topological polar surface area (TPSA) is 37.8 Å². The number of aromatic nitrogens is 2. The lowest BCUT2D eigenvalue weighted by Gasteiger charge is -2.03. The van der Waals surface area contributed by atoms with Crippen molar-refractivity contribution in [2.45, 2.75) is 18.9 Å². The van der Waals surface area contributed by atoms with Crippen LogP contribution in [-0.2, 0) is 0 Å². The standard InChI is InChI=1S/C13H13N3/c1-2-4-10(5-3-1)12-8-9-13(16-15-12)14-11-6-7-11/h1-5,8-9,11H,6-7H2,(H,14,16). The van der Waals surface area contributed by atoms with E-state index in [-0.39, 0.29) is 0 Å². The number of anilines is 1. The second-order valence-electron chi connectivity index (χ2n) is 4.09. The van der Waals surface area contributed by atoms with E-state index in [0.29, 0.717) is 6.04 Å². The Morgan fingerprint density at radius 2 is 1.75 bits per heavy atom. The van der Waals surface area contributed by atoms with E-state index in [1.807, 2.05) is 42.5 Å². The van der Waals surface area contributed by atoms with Crippen LogP contribution in [0.3, 0.4) is 0 Å². The highest BCUT2D eigenvalue weighted by Crippen LogP contribution is 2.24. The molecule has 80 valence electrons. The first-order chi connectivity index (χ1) is 7.92. The number of benzene rings is 1. The van der Waals surface area contributed by atoms with Gasteiger partial charge in [0.2, 0.25) is 0 Å². The van der Waals surface area contributed by atoms with Crippen molar-refractivity contribution < 1.29 is 0 Å². The number of nitrogens with one attached hydrogen (secondary N) is 1. The van der Waals surface area contributed by atoms with Gasteiger partial charge in [-0.15, -0.1) is 10.2 Å². The largest absolute Gasteiger partial charge is 0.366 e. The zero-order valence-corrected chi connectivity index (χ0v) is 8.93. The Morgan fingerprint density at radius 1 is 0.938 bits per heavy atom. The van der Waals surface area contributed by atoms with Crippen molar-refractivity contribution in [2.24, 2.45) is 0 Å². The molecule has 1 N–H and O–H groups in total. The summed E-state index contributed by atoms with van der Waals surface area (Å²) in [6.45, 7) is 0. The summed E-state index contributed by atoms with van der Waals surface area (Å²) in [5.74, 6) is 0.877. The second-order valence-corrected chi connectivity index (χ2v) is 4.09. The SMILES string of the molecule is c1ccc(-c2ccc(NC3CC3)nn2)cc1. The summed E-state index contributed by atoms with van der Waals surface area (Å²) in [5, 5.41) is 11.7. The van der Waals surface area contributed by atoms with Crippen molar-refractivity contribution >= 4 is 5.82 Å². The fourth-order valence-electron chi connectivity index (χ4n) is 1.61. The third-order valence-corrected chi connectivity index (χ3v) is 2.66. The molecular weight excluding hydrogens is 198 g/mol. The number of hydrogen-bond acceptors (Lipinski definition) is 3. The number of rotatable bonds is 3. The van der Waals surface area contributed by atoms with E-state index in [4.69, 9.17) is 0 Å². The van der Waals surface area contributed by atoms with Gasteiger partial charge < -0.3 is 5.32 Å². The number of nitrogens with zero attached hydrogens (tertiary/aromatic N) is 2. The van der Waals surface area contributed by atoms with Crippen LogP contribution in [0.4, 0.5) is 5.82 Å². The monoisotopic (exact) mass is 211 g/mol. The van der Waals surface area contributed by atoms with Gasteiger partial charge in [0.25, 0.3) is 0 Å². The molecule has 0 atom stereocenters. The van der Waals surface area contributed by atoms with E-state index in [1.165, 1.54) is 12.8 Å².